The molecule has 0 saturated heterocycles. The van der Waals surface area contributed by atoms with Crippen molar-refractivity contribution < 1.29 is 4.74 Å². The van der Waals surface area contributed by atoms with Crippen LogP contribution < -0.4 is 10.1 Å². The van der Waals surface area contributed by atoms with Crippen molar-refractivity contribution in [2.45, 2.75) is 25.8 Å². The molecule has 0 aliphatic rings. The van der Waals surface area contributed by atoms with Gasteiger partial charge in [0.15, 0.2) is 0 Å². The normalized spacial score (nSPS) is 12.1. The average molecular weight is 307 g/mol. The van der Waals surface area contributed by atoms with E-state index in [4.69, 9.17) is 4.74 Å². The molecular weight excluding hydrogens is 286 g/mol. The molecule has 2 heterocycles. The molecule has 0 bridgehead atoms. The highest BCUT2D eigenvalue weighted by atomic mass is 16.5. The van der Waals surface area contributed by atoms with E-state index in [0.29, 0.717) is 11.9 Å². The van der Waals surface area contributed by atoms with Crippen molar-refractivity contribution >= 4 is 16.6 Å². The van der Waals surface area contributed by atoms with E-state index < -0.39 is 0 Å². The van der Waals surface area contributed by atoms with Gasteiger partial charge in [-0.3, -0.25) is 4.98 Å². The van der Waals surface area contributed by atoms with Crippen molar-refractivity contribution in [3.8, 4) is 5.88 Å². The van der Waals surface area contributed by atoms with Crippen LogP contribution in [0.5, 0.6) is 5.88 Å². The molecule has 3 aromatic rings. The molecule has 4 nitrogen and oxygen atoms in total. The van der Waals surface area contributed by atoms with Crippen LogP contribution in [0.15, 0.2) is 54.9 Å². The van der Waals surface area contributed by atoms with Crippen molar-refractivity contribution in [1.29, 1.82) is 0 Å². The molecule has 0 saturated carbocycles. The highest BCUT2D eigenvalue weighted by Gasteiger charge is 2.05. The minimum Gasteiger partial charge on any atom is -0.481 e. The molecule has 118 valence electrons. The monoisotopic (exact) mass is 307 g/mol. The van der Waals surface area contributed by atoms with Crippen LogP contribution in [0.3, 0.4) is 0 Å². The van der Waals surface area contributed by atoms with Gasteiger partial charge in [-0.25, -0.2) is 4.98 Å². The molecule has 0 aliphatic carbocycles. The Hall–Kier alpha value is -2.62. The molecule has 0 aliphatic heterocycles. The Morgan fingerprint density at radius 2 is 2.04 bits per heavy atom. The topological polar surface area (TPSA) is 47.0 Å². The van der Waals surface area contributed by atoms with Gasteiger partial charge in [0.2, 0.25) is 5.88 Å². The van der Waals surface area contributed by atoms with Crippen LogP contribution in [-0.4, -0.2) is 23.1 Å². The lowest BCUT2D eigenvalue weighted by Gasteiger charge is -2.15. The van der Waals surface area contributed by atoms with E-state index in [1.165, 1.54) is 5.56 Å². The Bertz CT molecular complexity index is 774. The van der Waals surface area contributed by atoms with E-state index in [-0.39, 0.29) is 0 Å². The highest BCUT2D eigenvalue weighted by molar-refractivity contribution is 5.82. The molecule has 23 heavy (non-hydrogen) atoms. The molecular formula is C19H21N3O. The molecule has 1 unspecified atom stereocenters. The molecule has 0 amide bonds. The summed E-state index contributed by atoms with van der Waals surface area (Å²) in [4.78, 5) is 8.64. The molecule has 2 aromatic heterocycles. The van der Waals surface area contributed by atoms with Gasteiger partial charge in [-0.1, -0.05) is 12.1 Å². The molecule has 1 N–H and O–H groups in total. The van der Waals surface area contributed by atoms with Gasteiger partial charge in [0.1, 0.15) is 0 Å². The van der Waals surface area contributed by atoms with Crippen molar-refractivity contribution in [3.05, 3.63) is 60.4 Å². The summed E-state index contributed by atoms with van der Waals surface area (Å²) < 4.78 is 5.19. The van der Waals surface area contributed by atoms with Gasteiger partial charge in [-0.15, -0.1) is 0 Å². The number of methoxy groups -OCH3 is 1. The molecule has 1 aromatic carbocycles. The Morgan fingerprint density at radius 3 is 2.83 bits per heavy atom. The van der Waals surface area contributed by atoms with Gasteiger partial charge in [0, 0.05) is 35.6 Å². The van der Waals surface area contributed by atoms with Crippen LogP contribution in [-0.2, 0) is 6.42 Å². The Kier molecular flexibility index (Phi) is 4.71. The van der Waals surface area contributed by atoms with Crippen LogP contribution in [0.25, 0.3) is 10.9 Å². The van der Waals surface area contributed by atoms with Gasteiger partial charge in [-0.2, -0.15) is 0 Å². The number of aromatic nitrogens is 2. The zero-order valence-corrected chi connectivity index (χ0v) is 13.5. The second-order valence-corrected chi connectivity index (χ2v) is 5.71. The first-order valence-corrected chi connectivity index (χ1v) is 7.85. The number of nitrogens with zero attached hydrogens (tertiary/aromatic N) is 2. The summed E-state index contributed by atoms with van der Waals surface area (Å²) in [7, 11) is 1.64. The third-order valence-corrected chi connectivity index (χ3v) is 3.88. The predicted molar refractivity (Wildman–Crippen MR) is 93.9 cm³/mol. The summed E-state index contributed by atoms with van der Waals surface area (Å²) in [5.74, 6) is 0.638. The van der Waals surface area contributed by atoms with Gasteiger partial charge in [0.05, 0.1) is 12.6 Å². The molecule has 4 heteroatoms. The maximum Gasteiger partial charge on any atom is 0.213 e. The zero-order valence-electron chi connectivity index (χ0n) is 13.5. The number of ether oxygens (including phenoxy) is 1. The number of hydrogen-bond acceptors (Lipinski definition) is 4. The van der Waals surface area contributed by atoms with E-state index in [1.807, 2.05) is 30.6 Å². The third-order valence-electron chi connectivity index (χ3n) is 3.88. The standard InChI is InChI=1S/C19H21N3O/c1-14(5-6-15-4-3-11-20-13-15)21-17-9-7-16-8-10-19(23-2)22-18(16)12-17/h3-4,7-14,21H,5-6H2,1-2H3. The summed E-state index contributed by atoms with van der Waals surface area (Å²) in [6.07, 6.45) is 5.80. The van der Waals surface area contributed by atoms with Gasteiger partial charge in [-0.05, 0) is 49.6 Å². The summed E-state index contributed by atoms with van der Waals surface area (Å²) in [6.45, 7) is 2.19. The first-order chi connectivity index (χ1) is 11.2. The second kappa shape index (κ2) is 7.09. The van der Waals surface area contributed by atoms with E-state index in [1.54, 1.807) is 7.11 Å². The first kappa shape index (κ1) is 15.3. The number of nitrogens with one attached hydrogen (secondary N) is 1. The maximum absolute atomic E-state index is 5.19. The van der Waals surface area contributed by atoms with Gasteiger partial charge >= 0.3 is 0 Å². The Labute approximate surface area is 136 Å². The van der Waals surface area contributed by atoms with E-state index in [9.17, 15) is 0 Å². The van der Waals surface area contributed by atoms with Gasteiger partial charge in [0.25, 0.3) is 0 Å². The SMILES string of the molecule is COc1ccc2ccc(NC(C)CCc3cccnc3)cc2n1. The van der Waals surface area contributed by atoms with Crippen LogP contribution >= 0.6 is 0 Å². The van der Waals surface area contributed by atoms with E-state index >= 15 is 0 Å². The minimum absolute atomic E-state index is 0.373. The lowest BCUT2D eigenvalue weighted by atomic mass is 10.1. The van der Waals surface area contributed by atoms with Crippen molar-refractivity contribution in [2.75, 3.05) is 12.4 Å². The van der Waals surface area contributed by atoms with Crippen LogP contribution in [0, 0.1) is 0 Å². The smallest absolute Gasteiger partial charge is 0.213 e. The lowest BCUT2D eigenvalue weighted by Crippen LogP contribution is -2.16. The van der Waals surface area contributed by atoms with Gasteiger partial charge < -0.3 is 10.1 Å². The summed E-state index contributed by atoms with van der Waals surface area (Å²) >= 11 is 0. The van der Waals surface area contributed by atoms with Crippen LogP contribution in [0.2, 0.25) is 0 Å². The summed E-state index contributed by atoms with van der Waals surface area (Å²) in [5, 5.41) is 4.65. The fraction of sp³-hybridized carbons (Fsp3) is 0.263. The first-order valence-electron chi connectivity index (χ1n) is 7.85. The molecule has 3 rings (SSSR count). The number of anilines is 1. The van der Waals surface area contributed by atoms with Crippen molar-refractivity contribution in [2.24, 2.45) is 0 Å². The van der Waals surface area contributed by atoms with Crippen LogP contribution in [0.4, 0.5) is 5.69 Å². The number of fused-ring (bicyclic) bond motifs is 1. The fourth-order valence-electron chi connectivity index (χ4n) is 2.59. The second-order valence-electron chi connectivity index (χ2n) is 5.71. The number of hydrogen-bond donors (Lipinski definition) is 1. The van der Waals surface area contributed by atoms with Crippen LogP contribution in [0.1, 0.15) is 18.9 Å². The maximum atomic E-state index is 5.19. The van der Waals surface area contributed by atoms with E-state index in [0.717, 1.165) is 29.4 Å². The number of aryl methyl sites for hydroxylation is 1. The molecule has 0 spiro atoms. The average Bonchev–Trinajstić information content (AvgIpc) is 2.60. The molecule has 0 fully saturated rings. The summed E-state index contributed by atoms with van der Waals surface area (Å²) in [5.41, 5.74) is 3.29. The molecule has 0 radical (unpaired) electrons. The van der Waals surface area contributed by atoms with Crippen molar-refractivity contribution in [3.63, 3.8) is 0 Å². The number of rotatable bonds is 6. The highest BCUT2D eigenvalue weighted by Crippen LogP contribution is 2.21. The Morgan fingerprint density at radius 1 is 1.17 bits per heavy atom. The number of benzene rings is 1. The minimum atomic E-state index is 0.373. The Balaban J connectivity index is 1.65. The summed E-state index contributed by atoms with van der Waals surface area (Å²) in [6, 6.07) is 14.6. The quantitative estimate of drug-likeness (QED) is 0.745. The third kappa shape index (κ3) is 3.97. The van der Waals surface area contributed by atoms with E-state index in [2.05, 4.69) is 46.5 Å². The number of pyridine rings is 2. The predicted octanol–water partition coefficient (Wildman–Crippen LogP) is 4.07. The zero-order chi connectivity index (χ0) is 16.1. The molecule has 1 atom stereocenters. The lowest BCUT2D eigenvalue weighted by molar-refractivity contribution is 0.399. The largest absolute Gasteiger partial charge is 0.481 e. The van der Waals surface area contributed by atoms with Crippen molar-refractivity contribution in [1.82, 2.24) is 9.97 Å². The fourth-order valence-corrected chi connectivity index (χ4v) is 2.59.